The molecule has 0 radical (unpaired) electrons. The molecule has 98 valence electrons. The third kappa shape index (κ3) is 2.98. The number of hydrogen-bond acceptors (Lipinski definition) is 3. The molecule has 1 aromatic rings. The summed E-state index contributed by atoms with van der Waals surface area (Å²) >= 11 is 0. The van der Waals surface area contributed by atoms with Gasteiger partial charge in [0.15, 0.2) is 0 Å². The number of H-pyrrole nitrogens is 1. The molecule has 1 saturated heterocycles. The molecule has 5 nitrogen and oxygen atoms in total. The Morgan fingerprint density at radius 3 is 3.17 bits per heavy atom. The van der Waals surface area contributed by atoms with Gasteiger partial charge in [0.1, 0.15) is 0 Å². The molecule has 1 N–H and O–H groups in total. The van der Waals surface area contributed by atoms with Crippen molar-refractivity contribution < 1.29 is 9.53 Å². The Hall–Kier alpha value is -1.62. The number of ether oxygens (including phenoxy) is 1. The van der Waals surface area contributed by atoms with Crippen molar-refractivity contribution in [2.75, 3.05) is 19.7 Å². The normalized spacial score (nSPS) is 19.8. The summed E-state index contributed by atoms with van der Waals surface area (Å²) in [6, 6.07) is 2.97. The van der Waals surface area contributed by atoms with Crippen LogP contribution in [0.25, 0.3) is 0 Å². The molecular formula is C13H18N2O3. The van der Waals surface area contributed by atoms with Crippen LogP contribution in [0.3, 0.4) is 0 Å². The number of nitrogens with one attached hydrogen (secondary N) is 1. The Labute approximate surface area is 106 Å². The van der Waals surface area contributed by atoms with Crippen molar-refractivity contribution in [3.05, 3.63) is 34.2 Å². The average Bonchev–Trinajstić information content (AvgIpc) is 2.39. The van der Waals surface area contributed by atoms with Crippen LogP contribution in [0.15, 0.2) is 23.1 Å². The first kappa shape index (κ1) is 12.8. The van der Waals surface area contributed by atoms with E-state index in [0.717, 1.165) is 19.4 Å². The van der Waals surface area contributed by atoms with Gasteiger partial charge in [-0.2, -0.15) is 0 Å². The summed E-state index contributed by atoms with van der Waals surface area (Å²) in [5, 5.41) is 0. The molecule has 18 heavy (non-hydrogen) atoms. The second-order valence-corrected chi connectivity index (χ2v) is 4.41. The molecular weight excluding hydrogens is 232 g/mol. The van der Waals surface area contributed by atoms with Crippen LogP contribution in [-0.2, 0) is 4.74 Å². The van der Waals surface area contributed by atoms with Crippen LogP contribution < -0.4 is 5.56 Å². The molecule has 1 atom stereocenters. The van der Waals surface area contributed by atoms with Crippen molar-refractivity contribution in [3.8, 4) is 0 Å². The fourth-order valence-corrected chi connectivity index (χ4v) is 2.25. The maximum absolute atomic E-state index is 12.2. The predicted molar refractivity (Wildman–Crippen MR) is 67.6 cm³/mol. The van der Waals surface area contributed by atoms with E-state index in [1.165, 1.54) is 12.3 Å². The zero-order valence-corrected chi connectivity index (χ0v) is 10.5. The topological polar surface area (TPSA) is 62.4 Å². The molecule has 1 amide bonds. The fourth-order valence-electron chi connectivity index (χ4n) is 2.25. The van der Waals surface area contributed by atoms with Crippen LogP contribution >= 0.6 is 0 Å². The lowest BCUT2D eigenvalue weighted by Gasteiger charge is -2.32. The number of hydrogen-bond donors (Lipinski definition) is 1. The van der Waals surface area contributed by atoms with E-state index in [1.54, 1.807) is 11.0 Å². The van der Waals surface area contributed by atoms with E-state index in [1.807, 2.05) is 6.92 Å². The lowest BCUT2D eigenvalue weighted by atomic mass is 10.1. The lowest BCUT2D eigenvalue weighted by molar-refractivity contribution is 0.00723. The summed E-state index contributed by atoms with van der Waals surface area (Å²) in [7, 11) is 0. The third-order valence-corrected chi connectivity index (χ3v) is 3.09. The largest absolute Gasteiger partial charge is 0.377 e. The summed E-state index contributed by atoms with van der Waals surface area (Å²) in [6.45, 7) is 3.96. The molecule has 1 aliphatic heterocycles. The predicted octanol–water partition coefficient (Wildman–Crippen LogP) is 1.02. The number of amides is 1. The smallest absolute Gasteiger partial charge is 0.254 e. The molecule has 5 heteroatoms. The molecule has 2 rings (SSSR count). The number of carbonyl (C=O) groups excluding carboxylic acids is 1. The van der Waals surface area contributed by atoms with Gasteiger partial charge in [-0.1, -0.05) is 0 Å². The standard InChI is InChI=1S/C13H18N2O3/c1-2-18-11-4-3-7-15(9-11)13(17)10-5-6-14-12(16)8-10/h5-6,8,11H,2-4,7,9H2,1H3,(H,14,16). The highest BCUT2D eigenvalue weighted by Crippen LogP contribution is 2.15. The summed E-state index contributed by atoms with van der Waals surface area (Å²) < 4.78 is 5.56. The molecule has 2 heterocycles. The minimum Gasteiger partial charge on any atom is -0.377 e. The van der Waals surface area contributed by atoms with Gasteiger partial charge >= 0.3 is 0 Å². The van der Waals surface area contributed by atoms with Crippen LogP contribution in [0.2, 0.25) is 0 Å². The zero-order valence-electron chi connectivity index (χ0n) is 10.5. The highest BCUT2D eigenvalue weighted by atomic mass is 16.5. The second kappa shape index (κ2) is 5.82. The van der Waals surface area contributed by atoms with Crippen molar-refractivity contribution in [1.82, 2.24) is 9.88 Å². The van der Waals surface area contributed by atoms with E-state index in [-0.39, 0.29) is 17.6 Å². The number of aromatic nitrogens is 1. The first-order chi connectivity index (χ1) is 8.70. The summed E-state index contributed by atoms with van der Waals surface area (Å²) in [5.74, 6) is -0.0921. The Kier molecular flexibility index (Phi) is 4.15. The average molecular weight is 250 g/mol. The number of aromatic amines is 1. The number of rotatable bonds is 3. The zero-order chi connectivity index (χ0) is 13.0. The Bertz CT molecular complexity index is 467. The monoisotopic (exact) mass is 250 g/mol. The first-order valence-electron chi connectivity index (χ1n) is 6.30. The fraction of sp³-hybridized carbons (Fsp3) is 0.538. The van der Waals surface area contributed by atoms with Gasteiger partial charge in [-0.3, -0.25) is 9.59 Å². The molecule has 0 bridgehead atoms. The van der Waals surface area contributed by atoms with Crippen LogP contribution in [0, 0.1) is 0 Å². The molecule has 1 aliphatic rings. The molecule has 0 saturated carbocycles. The van der Waals surface area contributed by atoms with E-state index in [2.05, 4.69) is 4.98 Å². The van der Waals surface area contributed by atoms with Gasteiger partial charge in [0.05, 0.1) is 6.10 Å². The Balaban J connectivity index is 2.06. The van der Waals surface area contributed by atoms with Crippen molar-refractivity contribution >= 4 is 5.91 Å². The maximum Gasteiger partial charge on any atom is 0.254 e. The van der Waals surface area contributed by atoms with E-state index in [9.17, 15) is 9.59 Å². The van der Waals surface area contributed by atoms with Gasteiger partial charge in [-0.05, 0) is 25.8 Å². The van der Waals surface area contributed by atoms with Gasteiger partial charge in [0.2, 0.25) is 5.56 Å². The van der Waals surface area contributed by atoms with E-state index in [4.69, 9.17) is 4.74 Å². The second-order valence-electron chi connectivity index (χ2n) is 4.41. The van der Waals surface area contributed by atoms with Gasteiger partial charge in [0, 0.05) is 37.5 Å². The minimum absolute atomic E-state index is 0.0921. The summed E-state index contributed by atoms with van der Waals surface area (Å²) in [4.78, 5) is 27.7. The Morgan fingerprint density at radius 2 is 2.44 bits per heavy atom. The summed E-state index contributed by atoms with van der Waals surface area (Å²) in [5.41, 5.74) is 0.190. The van der Waals surface area contributed by atoms with Crippen LogP contribution in [0.4, 0.5) is 0 Å². The van der Waals surface area contributed by atoms with Crippen molar-refractivity contribution in [2.45, 2.75) is 25.9 Å². The van der Waals surface area contributed by atoms with E-state index >= 15 is 0 Å². The van der Waals surface area contributed by atoms with Crippen molar-refractivity contribution in [2.24, 2.45) is 0 Å². The SMILES string of the molecule is CCOC1CCCN(C(=O)c2cc[nH]c(=O)c2)C1. The Morgan fingerprint density at radius 1 is 1.61 bits per heavy atom. The molecule has 0 aliphatic carbocycles. The van der Waals surface area contributed by atoms with Crippen LogP contribution in [0.1, 0.15) is 30.1 Å². The van der Waals surface area contributed by atoms with Gasteiger partial charge in [-0.15, -0.1) is 0 Å². The molecule has 0 spiro atoms. The molecule has 0 aromatic carbocycles. The number of pyridine rings is 1. The number of likely N-dealkylation sites (tertiary alicyclic amines) is 1. The van der Waals surface area contributed by atoms with Crippen molar-refractivity contribution in [3.63, 3.8) is 0 Å². The highest BCUT2D eigenvalue weighted by molar-refractivity contribution is 5.94. The molecule has 1 fully saturated rings. The lowest BCUT2D eigenvalue weighted by Crippen LogP contribution is -2.43. The first-order valence-corrected chi connectivity index (χ1v) is 6.30. The summed E-state index contributed by atoms with van der Waals surface area (Å²) in [6.07, 6.45) is 3.56. The minimum atomic E-state index is -0.251. The van der Waals surface area contributed by atoms with Crippen molar-refractivity contribution in [1.29, 1.82) is 0 Å². The van der Waals surface area contributed by atoms with Gasteiger partial charge in [0.25, 0.3) is 5.91 Å². The maximum atomic E-state index is 12.2. The number of carbonyl (C=O) groups is 1. The number of piperidine rings is 1. The van der Waals surface area contributed by atoms with Gasteiger partial charge in [-0.25, -0.2) is 0 Å². The number of nitrogens with zero attached hydrogens (tertiary/aromatic N) is 1. The highest BCUT2D eigenvalue weighted by Gasteiger charge is 2.24. The third-order valence-electron chi connectivity index (χ3n) is 3.09. The van der Waals surface area contributed by atoms with Crippen LogP contribution in [0.5, 0.6) is 0 Å². The quantitative estimate of drug-likeness (QED) is 0.871. The molecule has 1 aromatic heterocycles. The van der Waals surface area contributed by atoms with E-state index < -0.39 is 0 Å². The van der Waals surface area contributed by atoms with Crippen LogP contribution in [-0.4, -0.2) is 41.6 Å². The molecule has 1 unspecified atom stereocenters. The van der Waals surface area contributed by atoms with Gasteiger partial charge < -0.3 is 14.6 Å². The van der Waals surface area contributed by atoms with E-state index in [0.29, 0.717) is 18.7 Å².